The molecule has 4 N–H and O–H groups in total. The zero-order chi connectivity index (χ0) is 40.3. The molecule has 0 spiro atoms. The van der Waals surface area contributed by atoms with Crippen molar-refractivity contribution in [1.82, 2.24) is 29.1 Å². The molecule has 0 aliphatic rings. The Morgan fingerprint density at radius 1 is 0.424 bits per heavy atom. The van der Waals surface area contributed by atoms with E-state index in [0.717, 1.165) is 89.1 Å². The van der Waals surface area contributed by atoms with Crippen LogP contribution in [0.5, 0.6) is 0 Å². The summed E-state index contributed by atoms with van der Waals surface area (Å²) >= 11 is 0. The molecule has 0 aliphatic heterocycles. The van der Waals surface area contributed by atoms with Crippen LogP contribution in [0.25, 0.3) is 89.1 Å². The van der Waals surface area contributed by atoms with Crippen molar-refractivity contribution >= 4 is 33.2 Å². The molecule has 10 rings (SSSR count). The third-order valence-electron chi connectivity index (χ3n) is 10.4. The van der Waals surface area contributed by atoms with Gasteiger partial charge in [-0.05, 0) is 102 Å². The summed E-state index contributed by atoms with van der Waals surface area (Å²) in [5.74, 6) is 0. The molecule has 0 saturated carbocycles. The number of fused-ring (bicyclic) bond motifs is 2. The molecule has 10 aromatic rings. The van der Waals surface area contributed by atoms with Crippen LogP contribution < -0.4 is 11.5 Å². The SMILES string of the molecule is C=CC.Nc1c(-c2c(N)c3ccccc3n2-c2cc(-c3cccnc3)cc(-c3cccnc3)c2)n(-c2cc(-c3cccnc3)cc(-c3cccnc3)c2)c2ccccc12. The van der Waals surface area contributed by atoms with Crippen LogP contribution in [0.1, 0.15) is 6.92 Å². The van der Waals surface area contributed by atoms with Gasteiger partial charge in [0, 0.05) is 94.0 Å². The Bertz CT molecular complexity index is 2760. The zero-order valence-electron chi connectivity index (χ0n) is 32.4. The third kappa shape index (κ3) is 6.79. The van der Waals surface area contributed by atoms with Crippen LogP contribution in [0, 0.1) is 0 Å². The normalized spacial score (nSPS) is 11.0. The Morgan fingerprint density at radius 2 is 0.729 bits per heavy atom. The monoisotopic (exact) mass is 764 g/mol. The molecule has 0 atom stereocenters. The fraction of sp³-hybridized carbons (Fsp3) is 0.0196. The maximum absolute atomic E-state index is 7.36. The van der Waals surface area contributed by atoms with E-state index in [4.69, 9.17) is 11.5 Å². The molecule has 0 amide bonds. The van der Waals surface area contributed by atoms with Gasteiger partial charge < -0.3 is 20.6 Å². The van der Waals surface area contributed by atoms with E-state index in [9.17, 15) is 0 Å². The van der Waals surface area contributed by atoms with E-state index in [0.29, 0.717) is 11.4 Å². The summed E-state index contributed by atoms with van der Waals surface area (Å²) in [5.41, 5.74) is 29.3. The van der Waals surface area contributed by atoms with E-state index in [1.807, 2.05) is 80.2 Å². The first-order valence-corrected chi connectivity index (χ1v) is 19.3. The fourth-order valence-electron chi connectivity index (χ4n) is 7.81. The van der Waals surface area contributed by atoms with Gasteiger partial charge >= 0.3 is 0 Å². The lowest BCUT2D eigenvalue weighted by molar-refractivity contribution is 1.07. The Morgan fingerprint density at radius 3 is 1.02 bits per heavy atom. The summed E-state index contributed by atoms with van der Waals surface area (Å²) in [5, 5.41) is 1.85. The van der Waals surface area contributed by atoms with Crippen molar-refractivity contribution in [1.29, 1.82) is 0 Å². The van der Waals surface area contributed by atoms with E-state index in [2.05, 4.69) is 121 Å². The summed E-state index contributed by atoms with van der Waals surface area (Å²) in [6.45, 7) is 5.25. The second kappa shape index (κ2) is 15.8. The van der Waals surface area contributed by atoms with Gasteiger partial charge in [-0.25, -0.2) is 0 Å². The van der Waals surface area contributed by atoms with E-state index < -0.39 is 0 Å². The molecule has 4 aromatic carbocycles. The molecule has 0 radical (unpaired) electrons. The number of nitrogens with two attached hydrogens (primary N) is 2. The molecule has 0 saturated heterocycles. The van der Waals surface area contributed by atoms with Crippen LogP contribution in [0.3, 0.4) is 0 Å². The maximum Gasteiger partial charge on any atom is 0.0964 e. The molecule has 59 heavy (non-hydrogen) atoms. The summed E-state index contributed by atoms with van der Waals surface area (Å²) in [6.07, 6.45) is 16.5. The van der Waals surface area contributed by atoms with E-state index >= 15 is 0 Å². The van der Waals surface area contributed by atoms with Crippen molar-refractivity contribution in [2.75, 3.05) is 11.5 Å². The number of allylic oxidation sites excluding steroid dienone is 1. The molecule has 8 heteroatoms. The van der Waals surface area contributed by atoms with Crippen molar-refractivity contribution < 1.29 is 0 Å². The minimum absolute atomic E-state index is 0.627. The van der Waals surface area contributed by atoms with E-state index in [-0.39, 0.29) is 0 Å². The predicted molar refractivity (Wildman–Crippen MR) is 243 cm³/mol. The molecular weight excluding hydrogens is 725 g/mol. The maximum atomic E-state index is 7.36. The summed E-state index contributed by atoms with van der Waals surface area (Å²) in [4.78, 5) is 17.8. The van der Waals surface area contributed by atoms with Crippen molar-refractivity contribution in [3.8, 4) is 67.3 Å². The largest absolute Gasteiger partial charge is 0.396 e. The lowest BCUT2D eigenvalue weighted by atomic mass is 9.99. The number of rotatable bonds is 7. The van der Waals surface area contributed by atoms with Crippen LogP contribution in [-0.4, -0.2) is 29.1 Å². The number of aromatic nitrogens is 6. The summed E-state index contributed by atoms with van der Waals surface area (Å²) < 4.78 is 4.50. The average molecular weight is 765 g/mol. The van der Waals surface area contributed by atoms with Gasteiger partial charge in [0.25, 0.3) is 0 Å². The van der Waals surface area contributed by atoms with Crippen LogP contribution in [0.15, 0.2) is 196 Å². The topological polar surface area (TPSA) is 113 Å². The number of hydrogen-bond donors (Lipinski definition) is 2. The minimum atomic E-state index is 0.627. The van der Waals surface area contributed by atoms with Gasteiger partial charge in [0.2, 0.25) is 0 Å². The highest BCUT2D eigenvalue weighted by Crippen LogP contribution is 2.47. The number of nitrogens with zero attached hydrogens (tertiary/aromatic N) is 6. The molecule has 8 nitrogen and oxygen atoms in total. The van der Waals surface area contributed by atoms with Crippen molar-refractivity contribution in [3.63, 3.8) is 0 Å². The Hall–Kier alpha value is -8.10. The third-order valence-corrected chi connectivity index (χ3v) is 10.4. The first-order chi connectivity index (χ1) is 29.0. The Labute approximate surface area is 342 Å². The average Bonchev–Trinajstić information content (AvgIpc) is 3.77. The molecular formula is C51H40N8. The highest BCUT2D eigenvalue weighted by Gasteiger charge is 2.27. The first-order valence-electron chi connectivity index (χ1n) is 19.3. The first kappa shape index (κ1) is 36.5. The van der Waals surface area contributed by atoms with Crippen LogP contribution in [-0.2, 0) is 0 Å². The number of nitrogen functional groups attached to an aromatic ring is 2. The lowest BCUT2D eigenvalue weighted by Gasteiger charge is -2.19. The molecule has 6 heterocycles. The highest BCUT2D eigenvalue weighted by molar-refractivity contribution is 6.09. The smallest absolute Gasteiger partial charge is 0.0964 e. The standard InChI is InChI=1S/C48H34N8.C3H6/c49-45-41-13-1-3-15-43(41)55(39-23-35(31-9-5-17-51-27-31)21-36(24-39)32-10-6-18-52-28-32)47(45)48-46(50)42-14-2-4-16-44(42)56(48)40-25-37(33-11-7-19-53-29-33)22-38(26-40)34-12-8-20-54-30-34;1-3-2/h1-30H,49-50H2;3H,1H2,2H3. The summed E-state index contributed by atoms with van der Waals surface area (Å²) in [7, 11) is 0. The van der Waals surface area contributed by atoms with Gasteiger partial charge in [0.05, 0.1) is 33.8 Å². The highest BCUT2D eigenvalue weighted by atomic mass is 15.1. The second-order valence-electron chi connectivity index (χ2n) is 14.1. The van der Waals surface area contributed by atoms with Crippen LogP contribution in [0.4, 0.5) is 11.4 Å². The van der Waals surface area contributed by atoms with Gasteiger partial charge in [-0.15, -0.1) is 6.58 Å². The van der Waals surface area contributed by atoms with Crippen molar-refractivity contribution in [3.05, 3.63) is 196 Å². The predicted octanol–water partition coefficient (Wildman–Crippen LogP) is 11.8. The Kier molecular flexibility index (Phi) is 9.78. The van der Waals surface area contributed by atoms with Crippen molar-refractivity contribution in [2.45, 2.75) is 6.92 Å². The van der Waals surface area contributed by atoms with Gasteiger partial charge in [-0.3, -0.25) is 19.9 Å². The second-order valence-corrected chi connectivity index (χ2v) is 14.1. The number of hydrogen-bond acceptors (Lipinski definition) is 6. The number of para-hydroxylation sites is 2. The van der Waals surface area contributed by atoms with Crippen LogP contribution >= 0.6 is 0 Å². The van der Waals surface area contributed by atoms with Gasteiger partial charge in [-0.2, -0.15) is 0 Å². The Balaban J connectivity index is 0.00000145. The quantitative estimate of drug-likeness (QED) is 0.156. The molecule has 284 valence electrons. The number of benzene rings is 4. The lowest BCUT2D eigenvalue weighted by Crippen LogP contribution is -2.06. The van der Waals surface area contributed by atoms with E-state index in [1.165, 1.54) is 0 Å². The number of anilines is 2. The van der Waals surface area contributed by atoms with Crippen molar-refractivity contribution in [2.24, 2.45) is 0 Å². The van der Waals surface area contributed by atoms with Gasteiger partial charge in [-0.1, -0.05) is 66.7 Å². The fourth-order valence-corrected chi connectivity index (χ4v) is 7.81. The minimum Gasteiger partial charge on any atom is -0.396 e. The van der Waals surface area contributed by atoms with Gasteiger partial charge in [0.1, 0.15) is 0 Å². The van der Waals surface area contributed by atoms with Crippen LogP contribution in [0.2, 0.25) is 0 Å². The molecule has 0 unspecified atom stereocenters. The zero-order valence-corrected chi connectivity index (χ0v) is 32.4. The molecule has 6 aromatic heterocycles. The summed E-state index contributed by atoms with van der Waals surface area (Å²) in [6, 6.07) is 45.8. The molecule has 0 bridgehead atoms. The number of pyridine rings is 4. The van der Waals surface area contributed by atoms with Gasteiger partial charge in [0.15, 0.2) is 0 Å². The van der Waals surface area contributed by atoms with E-state index in [1.54, 1.807) is 30.9 Å². The molecule has 0 fully saturated rings. The molecule has 0 aliphatic carbocycles.